The lowest BCUT2D eigenvalue weighted by Crippen LogP contribution is -2.13. The normalized spacial score (nSPS) is 10.6. The molecule has 28 heavy (non-hydrogen) atoms. The molecule has 5 nitrogen and oxygen atoms in total. The Labute approximate surface area is 163 Å². The Morgan fingerprint density at radius 3 is 2.54 bits per heavy atom. The van der Waals surface area contributed by atoms with E-state index in [0.717, 1.165) is 34.3 Å². The standard InChI is InChI=1S/C23H20N4O/c1-2-16-7-3-4-10-19(16)27-23(28)18-12-13-21(25-15-18)26-20-11-5-8-17-9-6-14-24-22(17)20/h3-15H,2H2,1H3,(H,25,26)(H,27,28). The minimum absolute atomic E-state index is 0.174. The number of carbonyl (C=O) groups is 1. The molecule has 0 saturated carbocycles. The first-order chi connectivity index (χ1) is 13.7. The highest BCUT2D eigenvalue weighted by Gasteiger charge is 2.09. The lowest BCUT2D eigenvalue weighted by atomic mass is 10.1. The van der Waals surface area contributed by atoms with Gasteiger partial charge in [-0.15, -0.1) is 0 Å². The fourth-order valence-electron chi connectivity index (χ4n) is 3.09. The third-order valence-corrected chi connectivity index (χ3v) is 4.57. The molecule has 0 aliphatic rings. The van der Waals surface area contributed by atoms with Crippen molar-refractivity contribution in [2.24, 2.45) is 0 Å². The molecule has 4 aromatic rings. The molecule has 138 valence electrons. The van der Waals surface area contributed by atoms with Gasteiger partial charge < -0.3 is 10.6 Å². The second kappa shape index (κ2) is 7.88. The molecule has 0 radical (unpaired) electrons. The summed E-state index contributed by atoms with van der Waals surface area (Å²) in [6.45, 7) is 2.06. The predicted molar refractivity (Wildman–Crippen MR) is 113 cm³/mol. The van der Waals surface area contributed by atoms with Crippen molar-refractivity contribution in [2.45, 2.75) is 13.3 Å². The number of nitrogens with one attached hydrogen (secondary N) is 2. The summed E-state index contributed by atoms with van der Waals surface area (Å²) in [6.07, 6.45) is 4.20. The van der Waals surface area contributed by atoms with Crippen LogP contribution >= 0.6 is 0 Å². The maximum absolute atomic E-state index is 12.5. The van der Waals surface area contributed by atoms with E-state index in [2.05, 4.69) is 27.5 Å². The molecule has 0 bridgehead atoms. The van der Waals surface area contributed by atoms with E-state index in [1.165, 1.54) is 0 Å². The topological polar surface area (TPSA) is 66.9 Å². The van der Waals surface area contributed by atoms with Gasteiger partial charge in [-0.25, -0.2) is 4.98 Å². The number of pyridine rings is 2. The van der Waals surface area contributed by atoms with Crippen LogP contribution < -0.4 is 10.6 Å². The molecule has 0 spiro atoms. The van der Waals surface area contributed by atoms with Crippen molar-refractivity contribution < 1.29 is 4.79 Å². The molecule has 4 rings (SSSR count). The average Bonchev–Trinajstić information content (AvgIpc) is 2.75. The summed E-state index contributed by atoms with van der Waals surface area (Å²) in [4.78, 5) is 21.4. The lowest BCUT2D eigenvalue weighted by molar-refractivity contribution is 0.102. The molecule has 0 aliphatic heterocycles. The summed E-state index contributed by atoms with van der Waals surface area (Å²) in [6, 6.07) is 21.2. The van der Waals surface area contributed by atoms with Crippen molar-refractivity contribution in [3.05, 3.63) is 90.3 Å². The summed E-state index contributed by atoms with van der Waals surface area (Å²) < 4.78 is 0. The Morgan fingerprint density at radius 2 is 1.71 bits per heavy atom. The summed E-state index contributed by atoms with van der Waals surface area (Å²) in [5, 5.41) is 7.29. The zero-order valence-corrected chi connectivity index (χ0v) is 15.5. The van der Waals surface area contributed by atoms with E-state index in [9.17, 15) is 4.79 Å². The number of anilines is 3. The number of rotatable bonds is 5. The maximum Gasteiger partial charge on any atom is 0.257 e. The van der Waals surface area contributed by atoms with Gasteiger partial charge in [0.25, 0.3) is 5.91 Å². The lowest BCUT2D eigenvalue weighted by Gasteiger charge is -2.11. The fourth-order valence-corrected chi connectivity index (χ4v) is 3.09. The van der Waals surface area contributed by atoms with Gasteiger partial charge in [-0.3, -0.25) is 9.78 Å². The number of nitrogens with zero attached hydrogens (tertiary/aromatic N) is 2. The van der Waals surface area contributed by atoms with Crippen LogP contribution in [0.25, 0.3) is 10.9 Å². The number of amides is 1. The molecule has 2 aromatic carbocycles. The molecule has 1 amide bonds. The number of para-hydroxylation sites is 2. The number of hydrogen-bond acceptors (Lipinski definition) is 4. The van der Waals surface area contributed by atoms with Gasteiger partial charge in [0.2, 0.25) is 0 Å². The van der Waals surface area contributed by atoms with Gasteiger partial charge in [0.15, 0.2) is 0 Å². The number of carbonyl (C=O) groups excluding carboxylic acids is 1. The fraction of sp³-hybridized carbons (Fsp3) is 0.0870. The van der Waals surface area contributed by atoms with E-state index >= 15 is 0 Å². The predicted octanol–water partition coefficient (Wildman–Crippen LogP) is 5.19. The second-order valence-corrected chi connectivity index (χ2v) is 6.40. The minimum atomic E-state index is -0.174. The number of aromatic nitrogens is 2. The van der Waals surface area contributed by atoms with Gasteiger partial charge in [0.1, 0.15) is 5.82 Å². The third-order valence-electron chi connectivity index (χ3n) is 4.57. The molecular weight excluding hydrogens is 348 g/mol. The van der Waals surface area contributed by atoms with Crippen molar-refractivity contribution in [2.75, 3.05) is 10.6 Å². The van der Waals surface area contributed by atoms with Crippen LogP contribution in [-0.4, -0.2) is 15.9 Å². The van der Waals surface area contributed by atoms with Gasteiger partial charge >= 0.3 is 0 Å². The maximum atomic E-state index is 12.5. The Bertz CT molecular complexity index is 1120. The summed E-state index contributed by atoms with van der Waals surface area (Å²) >= 11 is 0. The Morgan fingerprint density at radius 1 is 0.893 bits per heavy atom. The quantitative estimate of drug-likeness (QED) is 0.509. The molecule has 5 heteroatoms. The van der Waals surface area contributed by atoms with E-state index in [4.69, 9.17) is 0 Å². The highest BCUT2D eigenvalue weighted by Crippen LogP contribution is 2.24. The molecule has 0 unspecified atom stereocenters. The van der Waals surface area contributed by atoms with Crippen molar-refractivity contribution in [3.8, 4) is 0 Å². The smallest absolute Gasteiger partial charge is 0.257 e. The number of aryl methyl sites for hydroxylation is 1. The largest absolute Gasteiger partial charge is 0.338 e. The zero-order valence-electron chi connectivity index (χ0n) is 15.5. The Balaban J connectivity index is 1.51. The highest BCUT2D eigenvalue weighted by molar-refractivity contribution is 6.04. The van der Waals surface area contributed by atoms with Crippen LogP contribution in [0.2, 0.25) is 0 Å². The van der Waals surface area contributed by atoms with Gasteiger partial charge in [-0.2, -0.15) is 0 Å². The zero-order chi connectivity index (χ0) is 19.3. The number of fused-ring (bicyclic) bond motifs is 1. The van der Waals surface area contributed by atoms with Crippen molar-refractivity contribution in [1.29, 1.82) is 0 Å². The summed E-state index contributed by atoms with van der Waals surface area (Å²) in [7, 11) is 0. The van der Waals surface area contributed by atoms with Gasteiger partial charge in [0, 0.05) is 23.5 Å². The Kier molecular flexibility index (Phi) is 4.97. The van der Waals surface area contributed by atoms with Gasteiger partial charge in [-0.1, -0.05) is 43.3 Å². The van der Waals surface area contributed by atoms with Crippen LogP contribution in [0.5, 0.6) is 0 Å². The van der Waals surface area contributed by atoms with Crippen LogP contribution in [0.4, 0.5) is 17.2 Å². The number of benzene rings is 2. The molecule has 2 aromatic heterocycles. The number of hydrogen-bond donors (Lipinski definition) is 2. The van der Waals surface area contributed by atoms with E-state index in [0.29, 0.717) is 11.4 Å². The van der Waals surface area contributed by atoms with Crippen LogP contribution in [-0.2, 0) is 6.42 Å². The molecule has 0 aliphatic carbocycles. The van der Waals surface area contributed by atoms with Crippen molar-refractivity contribution in [1.82, 2.24) is 9.97 Å². The second-order valence-electron chi connectivity index (χ2n) is 6.40. The minimum Gasteiger partial charge on any atom is -0.338 e. The van der Waals surface area contributed by atoms with Crippen molar-refractivity contribution in [3.63, 3.8) is 0 Å². The molecular formula is C23H20N4O. The average molecular weight is 368 g/mol. The highest BCUT2D eigenvalue weighted by atomic mass is 16.1. The van der Waals surface area contributed by atoms with Crippen LogP contribution in [0.1, 0.15) is 22.8 Å². The van der Waals surface area contributed by atoms with E-state index in [1.54, 1.807) is 24.5 Å². The summed E-state index contributed by atoms with van der Waals surface area (Å²) in [5.41, 5.74) is 4.20. The molecule has 0 saturated heterocycles. The first-order valence-corrected chi connectivity index (χ1v) is 9.20. The Hall–Kier alpha value is -3.73. The van der Waals surface area contributed by atoms with E-state index in [-0.39, 0.29) is 5.91 Å². The molecule has 0 fully saturated rings. The third kappa shape index (κ3) is 3.69. The molecule has 2 heterocycles. The first-order valence-electron chi connectivity index (χ1n) is 9.20. The van der Waals surface area contributed by atoms with Crippen LogP contribution in [0.15, 0.2) is 79.1 Å². The van der Waals surface area contributed by atoms with E-state index in [1.807, 2.05) is 54.6 Å². The van der Waals surface area contributed by atoms with Gasteiger partial charge in [-0.05, 0) is 42.3 Å². The monoisotopic (exact) mass is 368 g/mol. The van der Waals surface area contributed by atoms with Crippen LogP contribution in [0.3, 0.4) is 0 Å². The molecule has 2 N–H and O–H groups in total. The summed E-state index contributed by atoms with van der Waals surface area (Å²) in [5.74, 6) is 0.482. The van der Waals surface area contributed by atoms with Gasteiger partial charge in [0.05, 0.1) is 16.8 Å². The van der Waals surface area contributed by atoms with Crippen LogP contribution in [0, 0.1) is 0 Å². The SMILES string of the molecule is CCc1ccccc1NC(=O)c1ccc(Nc2cccc3cccnc23)nc1. The molecule has 0 atom stereocenters. The first kappa shape index (κ1) is 17.7. The van der Waals surface area contributed by atoms with E-state index < -0.39 is 0 Å². The van der Waals surface area contributed by atoms with Crippen molar-refractivity contribution >= 4 is 34.0 Å².